The standard InChI is InChI=1S/C15H31NO3S/c1-13(2)20(18,19)11-7-10-16(12-14(3)17)15-8-5-4-6-9-15/h13-15,17H,4-12H2,1-3H3. The quantitative estimate of drug-likeness (QED) is 0.747. The van der Waals surface area contributed by atoms with Crippen molar-refractivity contribution >= 4 is 9.84 Å². The third-order valence-corrected chi connectivity index (χ3v) is 6.48. The summed E-state index contributed by atoms with van der Waals surface area (Å²) in [5, 5.41) is 9.35. The van der Waals surface area contributed by atoms with Gasteiger partial charge in [0.1, 0.15) is 0 Å². The fourth-order valence-corrected chi connectivity index (χ4v) is 3.92. The first-order valence-electron chi connectivity index (χ1n) is 7.96. The molecule has 1 fully saturated rings. The van der Waals surface area contributed by atoms with Crippen molar-refractivity contribution in [3.05, 3.63) is 0 Å². The van der Waals surface area contributed by atoms with Crippen LogP contribution < -0.4 is 0 Å². The minimum absolute atomic E-state index is 0.258. The highest BCUT2D eigenvalue weighted by molar-refractivity contribution is 7.91. The summed E-state index contributed by atoms with van der Waals surface area (Å²) >= 11 is 0. The van der Waals surface area contributed by atoms with Crippen LogP contribution in [-0.2, 0) is 9.84 Å². The number of nitrogens with zero attached hydrogens (tertiary/aromatic N) is 1. The monoisotopic (exact) mass is 305 g/mol. The molecule has 1 unspecified atom stereocenters. The van der Waals surface area contributed by atoms with Crippen molar-refractivity contribution in [2.45, 2.75) is 76.7 Å². The van der Waals surface area contributed by atoms with E-state index in [1.54, 1.807) is 20.8 Å². The Hall–Kier alpha value is -0.130. The van der Waals surface area contributed by atoms with Gasteiger partial charge in [0, 0.05) is 12.6 Å². The van der Waals surface area contributed by atoms with Crippen LogP contribution in [0.4, 0.5) is 0 Å². The van der Waals surface area contributed by atoms with E-state index < -0.39 is 9.84 Å². The number of rotatable bonds is 8. The van der Waals surface area contributed by atoms with Crippen LogP contribution in [0.1, 0.15) is 59.3 Å². The summed E-state index contributed by atoms with van der Waals surface area (Å²) in [5.41, 5.74) is 0. The maximum atomic E-state index is 11.8. The number of hydrogen-bond acceptors (Lipinski definition) is 4. The Morgan fingerprint density at radius 2 is 1.75 bits per heavy atom. The molecule has 0 amide bonds. The molecule has 4 nitrogen and oxygen atoms in total. The minimum atomic E-state index is -2.94. The third-order valence-electron chi connectivity index (χ3n) is 4.18. The van der Waals surface area contributed by atoms with Gasteiger partial charge in [-0.05, 0) is 46.6 Å². The van der Waals surface area contributed by atoms with Crippen LogP contribution in [0.2, 0.25) is 0 Å². The Morgan fingerprint density at radius 1 is 1.15 bits per heavy atom. The van der Waals surface area contributed by atoms with Crippen molar-refractivity contribution in [2.24, 2.45) is 0 Å². The van der Waals surface area contributed by atoms with Gasteiger partial charge in [-0.15, -0.1) is 0 Å². The molecule has 0 heterocycles. The predicted octanol–water partition coefficient (Wildman–Crippen LogP) is 2.22. The van der Waals surface area contributed by atoms with Gasteiger partial charge in [0.15, 0.2) is 9.84 Å². The zero-order chi connectivity index (χ0) is 15.2. The van der Waals surface area contributed by atoms with Crippen molar-refractivity contribution in [3.8, 4) is 0 Å². The molecule has 1 N–H and O–H groups in total. The Labute approximate surface area is 124 Å². The lowest BCUT2D eigenvalue weighted by atomic mass is 9.94. The Morgan fingerprint density at radius 3 is 2.25 bits per heavy atom. The lowest BCUT2D eigenvalue weighted by molar-refractivity contribution is 0.0826. The second kappa shape index (κ2) is 8.35. The van der Waals surface area contributed by atoms with Crippen LogP contribution in [0.25, 0.3) is 0 Å². The normalized spacial score (nSPS) is 19.7. The smallest absolute Gasteiger partial charge is 0.152 e. The number of aliphatic hydroxyl groups is 1. The fourth-order valence-electron chi connectivity index (χ4n) is 2.91. The van der Waals surface area contributed by atoms with Crippen LogP contribution in [0.5, 0.6) is 0 Å². The van der Waals surface area contributed by atoms with Gasteiger partial charge in [-0.3, -0.25) is 4.90 Å². The molecule has 20 heavy (non-hydrogen) atoms. The molecule has 1 atom stereocenters. The lowest BCUT2D eigenvalue weighted by Crippen LogP contribution is -2.42. The molecule has 0 aromatic heterocycles. The predicted molar refractivity (Wildman–Crippen MR) is 83.7 cm³/mol. The van der Waals surface area contributed by atoms with E-state index in [4.69, 9.17) is 0 Å². The molecular formula is C15H31NO3S. The topological polar surface area (TPSA) is 57.6 Å². The zero-order valence-corrected chi connectivity index (χ0v) is 14.0. The van der Waals surface area contributed by atoms with E-state index in [9.17, 15) is 13.5 Å². The van der Waals surface area contributed by atoms with Gasteiger partial charge >= 0.3 is 0 Å². The largest absolute Gasteiger partial charge is 0.392 e. The van der Waals surface area contributed by atoms with E-state index in [1.165, 1.54) is 32.1 Å². The SMILES string of the molecule is CC(O)CN(CCCS(=O)(=O)C(C)C)C1CCCCC1. The summed E-state index contributed by atoms with van der Waals surface area (Å²) in [6.45, 7) is 6.72. The van der Waals surface area contributed by atoms with E-state index in [1.807, 2.05) is 0 Å². The van der Waals surface area contributed by atoms with Crippen molar-refractivity contribution in [1.29, 1.82) is 0 Å². The minimum Gasteiger partial charge on any atom is -0.392 e. The first kappa shape index (κ1) is 17.9. The molecule has 120 valence electrons. The van der Waals surface area contributed by atoms with Gasteiger partial charge in [0.05, 0.1) is 17.1 Å². The highest BCUT2D eigenvalue weighted by Crippen LogP contribution is 2.23. The second-order valence-corrected chi connectivity index (χ2v) is 9.08. The van der Waals surface area contributed by atoms with E-state index in [-0.39, 0.29) is 17.1 Å². The van der Waals surface area contributed by atoms with Gasteiger partial charge in [0.2, 0.25) is 0 Å². The number of aliphatic hydroxyl groups excluding tert-OH is 1. The molecule has 0 radical (unpaired) electrons. The highest BCUT2D eigenvalue weighted by Gasteiger charge is 2.23. The maximum absolute atomic E-state index is 11.8. The van der Waals surface area contributed by atoms with Crippen LogP contribution in [-0.4, -0.2) is 54.7 Å². The van der Waals surface area contributed by atoms with Gasteiger partial charge in [-0.1, -0.05) is 19.3 Å². The maximum Gasteiger partial charge on any atom is 0.152 e. The van der Waals surface area contributed by atoms with E-state index in [2.05, 4.69) is 4.90 Å². The van der Waals surface area contributed by atoms with Gasteiger partial charge in [0.25, 0.3) is 0 Å². The molecule has 0 aliphatic heterocycles. The summed E-state index contributed by atoms with van der Waals surface area (Å²) in [7, 11) is -2.94. The Kier molecular flexibility index (Phi) is 7.48. The molecule has 0 aromatic rings. The molecular weight excluding hydrogens is 274 g/mol. The molecule has 1 aliphatic carbocycles. The third kappa shape index (κ3) is 6.10. The summed E-state index contributed by atoms with van der Waals surface area (Å²) in [6.07, 6.45) is 6.51. The van der Waals surface area contributed by atoms with Crippen molar-refractivity contribution < 1.29 is 13.5 Å². The molecule has 0 saturated heterocycles. The molecule has 1 saturated carbocycles. The summed E-state index contributed by atoms with van der Waals surface area (Å²) < 4.78 is 23.7. The number of hydrogen-bond donors (Lipinski definition) is 1. The summed E-state index contributed by atoms with van der Waals surface area (Å²) in [5.74, 6) is 0.258. The molecule has 1 rings (SSSR count). The van der Waals surface area contributed by atoms with Crippen LogP contribution in [0.3, 0.4) is 0 Å². The second-order valence-electron chi connectivity index (χ2n) is 6.41. The molecule has 1 aliphatic rings. The molecule has 0 aromatic carbocycles. The van der Waals surface area contributed by atoms with Gasteiger partial charge in [-0.2, -0.15) is 0 Å². The molecule has 0 spiro atoms. The van der Waals surface area contributed by atoms with E-state index >= 15 is 0 Å². The van der Waals surface area contributed by atoms with Crippen molar-refractivity contribution in [3.63, 3.8) is 0 Å². The first-order valence-corrected chi connectivity index (χ1v) is 9.68. The van der Waals surface area contributed by atoms with Gasteiger partial charge < -0.3 is 5.11 Å². The van der Waals surface area contributed by atoms with E-state index in [0.29, 0.717) is 19.0 Å². The molecule has 5 heteroatoms. The van der Waals surface area contributed by atoms with Crippen LogP contribution in [0.15, 0.2) is 0 Å². The number of sulfone groups is 1. The molecule has 0 bridgehead atoms. The van der Waals surface area contributed by atoms with E-state index in [0.717, 1.165) is 6.54 Å². The van der Waals surface area contributed by atoms with Crippen LogP contribution >= 0.6 is 0 Å². The van der Waals surface area contributed by atoms with Crippen molar-refractivity contribution in [1.82, 2.24) is 4.90 Å². The first-order chi connectivity index (χ1) is 9.33. The highest BCUT2D eigenvalue weighted by atomic mass is 32.2. The average molecular weight is 305 g/mol. The Bertz CT molecular complexity index is 359. The lowest BCUT2D eigenvalue weighted by Gasteiger charge is -2.35. The van der Waals surface area contributed by atoms with Crippen LogP contribution in [0, 0.1) is 0 Å². The average Bonchev–Trinajstić information content (AvgIpc) is 2.38. The fraction of sp³-hybridized carbons (Fsp3) is 1.00. The Balaban J connectivity index is 2.48. The summed E-state index contributed by atoms with van der Waals surface area (Å²) in [4.78, 5) is 2.31. The summed E-state index contributed by atoms with van der Waals surface area (Å²) in [6, 6.07) is 0.528. The zero-order valence-electron chi connectivity index (χ0n) is 13.2. The van der Waals surface area contributed by atoms with Gasteiger partial charge in [-0.25, -0.2) is 8.42 Å². The van der Waals surface area contributed by atoms with Crippen molar-refractivity contribution in [2.75, 3.05) is 18.8 Å².